The molecule has 22 heavy (non-hydrogen) atoms. The normalized spacial score (nSPS) is 11.5. The van der Waals surface area contributed by atoms with Crippen molar-refractivity contribution >= 4 is 11.9 Å². The molecule has 0 fully saturated rings. The van der Waals surface area contributed by atoms with Gasteiger partial charge < -0.3 is 15.5 Å². The maximum atomic E-state index is 13.2. The molecule has 0 unspecified atom stereocenters. The van der Waals surface area contributed by atoms with Crippen molar-refractivity contribution in [1.29, 1.82) is 0 Å². The third kappa shape index (κ3) is 6.11. The molecule has 0 saturated heterocycles. The minimum absolute atomic E-state index is 0.0186. The number of halogens is 1. The number of rotatable bonds is 6. The summed E-state index contributed by atoms with van der Waals surface area (Å²) in [4.78, 5) is 17.5. The van der Waals surface area contributed by atoms with Crippen LogP contribution < -0.4 is 10.6 Å². The average Bonchev–Trinajstić information content (AvgIpc) is 2.46. The molecular weight excluding hydrogens is 283 g/mol. The zero-order chi connectivity index (χ0) is 16.5. The molecule has 0 spiro atoms. The number of hydrogen-bond donors (Lipinski definition) is 2. The Labute approximate surface area is 131 Å². The first kappa shape index (κ1) is 17.9. The molecule has 5 nitrogen and oxygen atoms in total. The number of benzene rings is 1. The Balaban J connectivity index is 2.42. The highest BCUT2D eigenvalue weighted by atomic mass is 19.1. The summed E-state index contributed by atoms with van der Waals surface area (Å²) in [5, 5.41) is 6.00. The van der Waals surface area contributed by atoms with Crippen LogP contribution in [-0.2, 0) is 11.3 Å². The summed E-state index contributed by atoms with van der Waals surface area (Å²) in [6, 6.07) is 6.49. The molecule has 122 valence electrons. The SMILES string of the molecule is CN=C(NCCNC(=O)C(C)C)N(C)Cc1cccc(F)c1. The lowest BCUT2D eigenvalue weighted by molar-refractivity contribution is -0.123. The molecule has 1 aromatic carbocycles. The Morgan fingerprint density at radius 2 is 2.00 bits per heavy atom. The molecule has 0 aromatic heterocycles. The van der Waals surface area contributed by atoms with Gasteiger partial charge in [0.15, 0.2) is 5.96 Å². The number of aliphatic imine (C=N–C) groups is 1. The van der Waals surface area contributed by atoms with Gasteiger partial charge in [-0.2, -0.15) is 0 Å². The van der Waals surface area contributed by atoms with E-state index in [1.54, 1.807) is 13.1 Å². The molecule has 1 rings (SSSR count). The predicted molar refractivity (Wildman–Crippen MR) is 87.1 cm³/mol. The summed E-state index contributed by atoms with van der Waals surface area (Å²) in [6.45, 7) is 5.38. The standard InChI is InChI=1S/C16H25FN4O/c1-12(2)15(22)19-8-9-20-16(18-3)21(4)11-13-6-5-7-14(17)10-13/h5-7,10,12H,8-9,11H2,1-4H3,(H,18,20)(H,19,22). The average molecular weight is 308 g/mol. The number of amides is 1. The molecule has 0 aliphatic carbocycles. The van der Waals surface area contributed by atoms with Crippen LogP contribution in [0.15, 0.2) is 29.3 Å². The molecule has 0 atom stereocenters. The second kappa shape index (κ2) is 9.02. The van der Waals surface area contributed by atoms with E-state index in [1.165, 1.54) is 12.1 Å². The number of guanidine groups is 1. The van der Waals surface area contributed by atoms with E-state index in [-0.39, 0.29) is 17.6 Å². The highest BCUT2D eigenvalue weighted by molar-refractivity contribution is 5.80. The van der Waals surface area contributed by atoms with Gasteiger partial charge in [0, 0.05) is 39.6 Å². The van der Waals surface area contributed by atoms with Crippen LogP contribution in [0.25, 0.3) is 0 Å². The minimum atomic E-state index is -0.245. The zero-order valence-corrected chi connectivity index (χ0v) is 13.7. The summed E-state index contributed by atoms with van der Waals surface area (Å²) in [6.07, 6.45) is 0. The maximum Gasteiger partial charge on any atom is 0.222 e. The number of nitrogens with zero attached hydrogens (tertiary/aromatic N) is 2. The topological polar surface area (TPSA) is 56.7 Å². The third-order valence-corrected chi connectivity index (χ3v) is 3.11. The van der Waals surface area contributed by atoms with Crippen molar-refractivity contribution in [2.24, 2.45) is 10.9 Å². The molecule has 0 bridgehead atoms. The van der Waals surface area contributed by atoms with E-state index >= 15 is 0 Å². The van der Waals surface area contributed by atoms with Crippen molar-refractivity contribution in [2.45, 2.75) is 20.4 Å². The fraction of sp³-hybridized carbons (Fsp3) is 0.500. The lowest BCUT2D eigenvalue weighted by Gasteiger charge is -2.22. The molecule has 1 aromatic rings. The number of nitrogens with one attached hydrogen (secondary N) is 2. The van der Waals surface area contributed by atoms with E-state index in [1.807, 2.05) is 31.9 Å². The highest BCUT2D eigenvalue weighted by Gasteiger charge is 2.08. The van der Waals surface area contributed by atoms with Gasteiger partial charge in [0.05, 0.1) is 0 Å². The molecule has 0 aliphatic rings. The quantitative estimate of drug-likeness (QED) is 0.477. The van der Waals surface area contributed by atoms with Crippen LogP contribution in [0.2, 0.25) is 0 Å². The van der Waals surface area contributed by atoms with Crippen LogP contribution in [0.4, 0.5) is 4.39 Å². The van der Waals surface area contributed by atoms with Crippen LogP contribution in [0.3, 0.4) is 0 Å². The van der Waals surface area contributed by atoms with E-state index < -0.39 is 0 Å². The van der Waals surface area contributed by atoms with E-state index in [2.05, 4.69) is 15.6 Å². The fourth-order valence-electron chi connectivity index (χ4n) is 1.93. The predicted octanol–water partition coefficient (Wildman–Crippen LogP) is 1.61. The monoisotopic (exact) mass is 308 g/mol. The lowest BCUT2D eigenvalue weighted by Crippen LogP contribution is -2.42. The van der Waals surface area contributed by atoms with E-state index in [9.17, 15) is 9.18 Å². The van der Waals surface area contributed by atoms with Crippen LogP contribution in [-0.4, -0.2) is 44.0 Å². The zero-order valence-electron chi connectivity index (χ0n) is 13.7. The first-order valence-electron chi connectivity index (χ1n) is 7.38. The molecule has 2 N–H and O–H groups in total. The maximum absolute atomic E-state index is 13.2. The van der Waals surface area contributed by atoms with Gasteiger partial charge in [-0.1, -0.05) is 26.0 Å². The van der Waals surface area contributed by atoms with E-state index in [0.717, 1.165) is 5.56 Å². The fourth-order valence-corrected chi connectivity index (χ4v) is 1.93. The minimum Gasteiger partial charge on any atom is -0.354 e. The van der Waals surface area contributed by atoms with Crippen molar-refractivity contribution in [2.75, 3.05) is 27.2 Å². The van der Waals surface area contributed by atoms with Crippen LogP contribution in [0.1, 0.15) is 19.4 Å². The van der Waals surface area contributed by atoms with Gasteiger partial charge in [-0.15, -0.1) is 0 Å². The van der Waals surface area contributed by atoms with Gasteiger partial charge in [-0.3, -0.25) is 9.79 Å². The second-order valence-corrected chi connectivity index (χ2v) is 5.41. The van der Waals surface area contributed by atoms with E-state index in [4.69, 9.17) is 0 Å². The summed E-state index contributed by atoms with van der Waals surface area (Å²) in [5.41, 5.74) is 0.874. The van der Waals surface area contributed by atoms with Gasteiger partial charge in [0.2, 0.25) is 5.91 Å². The Morgan fingerprint density at radius 1 is 1.32 bits per heavy atom. The Hall–Kier alpha value is -2.11. The van der Waals surface area contributed by atoms with Crippen LogP contribution in [0, 0.1) is 11.7 Å². The van der Waals surface area contributed by atoms with Crippen LogP contribution in [0.5, 0.6) is 0 Å². The van der Waals surface area contributed by atoms with E-state index in [0.29, 0.717) is 25.6 Å². The van der Waals surface area contributed by atoms with Crippen molar-refractivity contribution in [3.05, 3.63) is 35.6 Å². The van der Waals surface area contributed by atoms with Crippen LogP contribution >= 0.6 is 0 Å². The van der Waals surface area contributed by atoms with Gasteiger partial charge in [-0.25, -0.2) is 4.39 Å². The molecular formula is C16H25FN4O. The summed E-state index contributed by atoms with van der Waals surface area (Å²) in [5.74, 6) is 0.466. The van der Waals surface area contributed by atoms with Gasteiger partial charge in [0.1, 0.15) is 5.82 Å². The summed E-state index contributed by atoms with van der Waals surface area (Å²) >= 11 is 0. The summed E-state index contributed by atoms with van der Waals surface area (Å²) in [7, 11) is 3.57. The van der Waals surface area contributed by atoms with Gasteiger partial charge in [0.25, 0.3) is 0 Å². The molecule has 0 radical (unpaired) electrons. The number of carbonyl (C=O) groups is 1. The second-order valence-electron chi connectivity index (χ2n) is 5.41. The Kier molecular flexibility index (Phi) is 7.36. The first-order chi connectivity index (χ1) is 10.4. The molecule has 0 saturated carbocycles. The van der Waals surface area contributed by atoms with Gasteiger partial charge in [-0.05, 0) is 17.7 Å². The number of hydrogen-bond acceptors (Lipinski definition) is 2. The number of carbonyl (C=O) groups excluding carboxylic acids is 1. The molecule has 0 aliphatic heterocycles. The van der Waals surface area contributed by atoms with Crippen molar-refractivity contribution in [3.8, 4) is 0 Å². The summed E-state index contributed by atoms with van der Waals surface area (Å²) < 4.78 is 13.2. The van der Waals surface area contributed by atoms with Crippen molar-refractivity contribution in [3.63, 3.8) is 0 Å². The smallest absolute Gasteiger partial charge is 0.222 e. The van der Waals surface area contributed by atoms with Crippen molar-refractivity contribution in [1.82, 2.24) is 15.5 Å². The lowest BCUT2D eigenvalue weighted by atomic mass is 10.2. The van der Waals surface area contributed by atoms with Crippen molar-refractivity contribution < 1.29 is 9.18 Å². The highest BCUT2D eigenvalue weighted by Crippen LogP contribution is 2.06. The first-order valence-corrected chi connectivity index (χ1v) is 7.38. The molecule has 1 amide bonds. The molecule has 0 heterocycles. The Bertz CT molecular complexity index is 517. The third-order valence-electron chi connectivity index (χ3n) is 3.11. The Morgan fingerprint density at radius 3 is 2.59 bits per heavy atom. The van der Waals surface area contributed by atoms with Gasteiger partial charge >= 0.3 is 0 Å². The largest absolute Gasteiger partial charge is 0.354 e. The molecule has 6 heteroatoms.